The van der Waals surface area contributed by atoms with E-state index in [1.807, 2.05) is 24.4 Å². The Morgan fingerprint density at radius 1 is 1.47 bits per heavy atom. The summed E-state index contributed by atoms with van der Waals surface area (Å²) in [5, 5.41) is 5.03. The number of halogens is 1. The largest absolute Gasteiger partial charge is 0.322 e. The molecule has 0 saturated carbocycles. The quantitative estimate of drug-likeness (QED) is 0.869. The van der Waals surface area contributed by atoms with E-state index < -0.39 is 0 Å². The van der Waals surface area contributed by atoms with Crippen molar-refractivity contribution in [3.8, 4) is 0 Å². The van der Waals surface area contributed by atoms with Gasteiger partial charge in [0.05, 0.1) is 11.7 Å². The molecule has 0 aliphatic carbocycles. The van der Waals surface area contributed by atoms with Crippen molar-refractivity contribution < 1.29 is 4.79 Å². The first-order valence-corrected chi connectivity index (χ1v) is 7.03. The van der Waals surface area contributed by atoms with Crippen molar-refractivity contribution >= 4 is 34.7 Å². The number of carbonyl (C=O) groups excluding carboxylic acids is 1. The van der Waals surface area contributed by atoms with Gasteiger partial charge in [-0.15, -0.1) is 11.3 Å². The second kappa shape index (κ2) is 6.04. The topological polar surface area (TPSA) is 45.2 Å². The van der Waals surface area contributed by atoms with Gasteiger partial charge in [0.2, 0.25) is 0 Å². The van der Waals surface area contributed by atoms with Gasteiger partial charge in [-0.2, -0.15) is 0 Å². The number of hydrogen-bond donors (Lipinski definition) is 1. The zero-order valence-electron chi connectivity index (χ0n) is 10.6. The number of pyridine rings is 1. The fraction of sp³-hybridized carbons (Fsp3) is 0.231. The Hall–Kier alpha value is -1.59. The van der Waals surface area contributed by atoms with E-state index in [1.165, 1.54) is 0 Å². The van der Waals surface area contributed by atoms with E-state index >= 15 is 0 Å². The molecule has 4 nitrogen and oxygen atoms in total. The number of aromatic nitrogens is 1. The molecule has 19 heavy (non-hydrogen) atoms. The summed E-state index contributed by atoms with van der Waals surface area (Å²) in [6.45, 7) is 1.98. The highest BCUT2D eigenvalue weighted by atomic mass is 35.5. The smallest absolute Gasteiger partial charge is 0.320 e. The molecule has 0 aromatic carbocycles. The number of thiophene rings is 1. The lowest BCUT2D eigenvalue weighted by Crippen LogP contribution is -2.33. The molecule has 1 N–H and O–H groups in total. The summed E-state index contributed by atoms with van der Waals surface area (Å²) in [7, 11) is 1.75. The number of carbonyl (C=O) groups is 1. The summed E-state index contributed by atoms with van der Waals surface area (Å²) in [6, 6.07) is 7.23. The number of anilines is 1. The Balaban J connectivity index is 2.06. The predicted molar refractivity (Wildman–Crippen MR) is 78.8 cm³/mol. The van der Waals surface area contributed by atoms with Crippen LogP contribution in [-0.2, 0) is 0 Å². The summed E-state index contributed by atoms with van der Waals surface area (Å²) in [5.41, 5.74) is 0.513. The molecule has 1 unspecified atom stereocenters. The molecule has 2 aromatic rings. The number of rotatable bonds is 3. The first kappa shape index (κ1) is 13.8. The van der Waals surface area contributed by atoms with Crippen molar-refractivity contribution in [3.05, 3.63) is 45.9 Å². The van der Waals surface area contributed by atoms with E-state index in [9.17, 15) is 4.79 Å². The average molecular weight is 296 g/mol. The molecule has 0 fully saturated rings. The zero-order valence-corrected chi connectivity index (χ0v) is 12.2. The van der Waals surface area contributed by atoms with Gasteiger partial charge in [0.25, 0.3) is 0 Å². The van der Waals surface area contributed by atoms with Crippen LogP contribution in [0.25, 0.3) is 0 Å². The lowest BCUT2D eigenvalue weighted by molar-refractivity contribution is 0.209. The van der Waals surface area contributed by atoms with Crippen molar-refractivity contribution in [3.63, 3.8) is 0 Å². The number of urea groups is 1. The lowest BCUT2D eigenvalue weighted by Gasteiger charge is -2.24. The SMILES string of the molecule is CC(c1cccs1)N(C)C(=O)Nc1cccnc1Cl. The van der Waals surface area contributed by atoms with Crippen LogP contribution in [0.4, 0.5) is 10.5 Å². The van der Waals surface area contributed by atoms with Gasteiger partial charge in [0, 0.05) is 18.1 Å². The van der Waals surface area contributed by atoms with E-state index in [0.29, 0.717) is 5.69 Å². The third-order valence-electron chi connectivity index (χ3n) is 2.86. The molecule has 2 heterocycles. The van der Waals surface area contributed by atoms with Crippen molar-refractivity contribution in [1.29, 1.82) is 0 Å². The maximum absolute atomic E-state index is 12.1. The third kappa shape index (κ3) is 3.24. The Kier molecular flexibility index (Phi) is 4.39. The Bertz CT molecular complexity index is 559. The molecule has 2 rings (SSSR count). The molecular formula is C13H14ClN3OS. The van der Waals surface area contributed by atoms with E-state index in [4.69, 9.17) is 11.6 Å². The molecule has 0 radical (unpaired) electrons. The van der Waals surface area contributed by atoms with Crippen LogP contribution in [0.15, 0.2) is 35.8 Å². The minimum atomic E-state index is -0.212. The van der Waals surface area contributed by atoms with Gasteiger partial charge in [-0.05, 0) is 30.5 Å². The van der Waals surface area contributed by atoms with Gasteiger partial charge in [0.15, 0.2) is 5.15 Å². The molecule has 0 aliphatic heterocycles. The van der Waals surface area contributed by atoms with Crippen LogP contribution in [0.1, 0.15) is 17.8 Å². The second-order valence-corrected chi connectivity index (χ2v) is 5.41. The molecule has 1 atom stereocenters. The molecule has 0 spiro atoms. The van der Waals surface area contributed by atoms with Gasteiger partial charge in [0.1, 0.15) is 0 Å². The Morgan fingerprint density at radius 3 is 2.89 bits per heavy atom. The number of amides is 2. The molecule has 100 valence electrons. The molecule has 2 amide bonds. The van der Waals surface area contributed by atoms with Crippen molar-refractivity contribution in [2.45, 2.75) is 13.0 Å². The first-order chi connectivity index (χ1) is 9.09. The van der Waals surface area contributed by atoms with Crippen LogP contribution in [0, 0.1) is 0 Å². The fourth-order valence-corrected chi connectivity index (χ4v) is 2.57. The number of hydrogen-bond acceptors (Lipinski definition) is 3. The predicted octanol–water partition coefficient (Wildman–Crippen LogP) is 4.02. The third-order valence-corrected chi connectivity index (χ3v) is 4.20. The summed E-state index contributed by atoms with van der Waals surface area (Å²) in [5.74, 6) is 0. The second-order valence-electron chi connectivity index (χ2n) is 4.07. The maximum atomic E-state index is 12.1. The number of nitrogens with zero attached hydrogens (tertiary/aromatic N) is 2. The van der Waals surface area contributed by atoms with E-state index in [-0.39, 0.29) is 17.2 Å². The standard InChI is InChI=1S/C13H14ClN3OS/c1-9(11-6-4-8-19-11)17(2)13(18)16-10-5-3-7-15-12(10)14/h3-9H,1-2H3,(H,16,18). The van der Waals surface area contributed by atoms with Gasteiger partial charge >= 0.3 is 6.03 Å². The van der Waals surface area contributed by atoms with Crippen molar-refractivity contribution in [2.75, 3.05) is 12.4 Å². The van der Waals surface area contributed by atoms with Crippen molar-refractivity contribution in [1.82, 2.24) is 9.88 Å². The van der Waals surface area contributed by atoms with E-state index in [2.05, 4.69) is 10.3 Å². The van der Waals surface area contributed by atoms with Crippen LogP contribution in [-0.4, -0.2) is 23.0 Å². The van der Waals surface area contributed by atoms with Gasteiger partial charge in [-0.3, -0.25) is 0 Å². The Labute approximate surface area is 121 Å². The van der Waals surface area contributed by atoms with Gasteiger partial charge in [-0.25, -0.2) is 9.78 Å². The normalized spacial score (nSPS) is 11.9. The average Bonchev–Trinajstić information content (AvgIpc) is 2.93. The van der Waals surface area contributed by atoms with Gasteiger partial charge in [-0.1, -0.05) is 17.7 Å². The fourth-order valence-electron chi connectivity index (χ4n) is 1.58. The van der Waals surface area contributed by atoms with Crippen LogP contribution in [0.5, 0.6) is 0 Å². The zero-order chi connectivity index (χ0) is 13.8. The minimum absolute atomic E-state index is 0.00967. The van der Waals surface area contributed by atoms with Crippen LogP contribution >= 0.6 is 22.9 Å². The van der Waals surface area contributed by atoms with Crippen LogP contribution in [0.2, 0.25) is 5.15 Å². The summed E-state index contributed by atoms with van der Waals surface area (Å²) in [4.78, 5) is 18.8. The molecule has 0 saturated heterocycles. The molecular weight excluding hydrogens is 282 g/mol. The highest BCUT2D eigenvalue weighted by Crippen LogP contribution is 2.24. The highest BCUT2D eigenvalue weighted by molar-refractivity contribution is 7.10. The first-order valence-electron chi connectivity index (χ1n) is 5.77. The molecule has 0 aliphatic rings. The van der Waals surface area contributed by atoms with E-state index in [1.54, 1.807) is 41.6 Å². The molecule has 2 aromatic heterocycles. The Morgan fingerprint density at radius 2 is 2.26 bits per heavy atom. The summed E-state index contributed by atoms with van der Waals surface area (Å²) < 4.78 is 0. The van der Waals surface area contributed by atoms with Crippen LogP contribution in [0.3, 0.4) is 0 Å². The summed E-state index contributed by atoms with van der Waals surface area (Å²) in [6.07, 6.45) is 1.58. The molecule has 6 heteroatoms. The van der Waals surface area contributed by atoms with Gasteiger partial charge < -0.3 is 10.2 Å². The minimum Gasteiger partial charge on any atom is -0.320 e. The molecule has 0 bridgehead atoms. The highest BCUT2D eigenvalue weighted by Gasteiger charge is 2.18. The van der Waals surface area contributed by atoms with Crippen LogP contribution < -0.4 is 5.32 Å². The monoisotopic (exact) mass is 295 g/mol. The summed E-state index contributed by atoms with van der Waals surface area (Å²) >= 11 is 7.54. The van der Waals surface area contributed by atoms with Crippen molar-refractivity contribution in [2.24, 2.45) is 0 Å². The lowest BCUT2D eigenvalue weighted by atomic mass is 10.2. The van der Waals surface area contributed by atoms with E-state index in [0.717, 1.165) is 4.88 Å². The number of nitrogens with one attached hydrogen (secondary N) is 1. The maximum Gasteiger partial charge on any atom is 0.322 e.